The Kier molecular flexibility index (Phi) is 7.67. The molecule has 1 unspecified atom stereocenters. The van der Waals surface area contributed by atoms with Crippen LogP contribution in [0, 0.1) is 0 Å². The lowest BCUT2D eigenvalue weighted by molar-refractivity contribution is 0.0864. The van der Waals surface area contributed by atoms with E-state index >= 15 is 0 Å². The molecule has 2 N–H and O–H groups in total. The number of allylic oxidation sites excluding steroid dienone is 2. The molecule has 1 rings (SSSR count). The van der Waals surface area contributed by atoms with Gasteiger partial charge in [-0.3, -0.25) is 0 Å². The molecule has 0 aromatic heterocycles. The first-order valence-electron chi connectivity index (χ1n) is 7.82. The average molecular weight is 282 g/mol. The lowest BCUT2D eigenvalue weighted by Gasteiger charge is -2.21. The third kappa shape index (κ3) is 8.97. The minimum Gasteiger partial charge on any atom is -0.446 e. The van der Waals surface area contributed by atoms with E-state index in [0.29, 0.717) is 6.54 Å². The second kappa shape index (κ2) is 9.01. The van der Waals surface area contributed by atoms with Crippen molar-refractivity contribution in [3.05, 3.63) is 12.2 Å². The topological polar surface area (TPSA) is 50.4 Å². The van der Waals surface area contributed by atoms with Gasteiger partial charge in [0.2, 0.25) is 0 Å². The molecule has 0 spiro atoms. The van der Waals surface area contributed by atoms with Crippen molar-refractivity contribution in [2.75, 3.05) is 13.1 Å². The van der Waals surface area contributed by atoms with Gasteiger partial charge in [-0.2, -0.15) is 0 Å². The maximum Gasteiger partial charge on any atom is 0.407 e. The van der Waals surface area contributed by atoms with Crippen molar-refractivity contribution >= 4 is 6.09 Å². The fraction of sp³-hybridized carbons (Fsp3) is 0.812. The molecular formula is C16H30N2O2. The maximum absolute atomic E-state index is 11.7. The van der Waals surface area contributed by atoms with E-state index in [2.05, 4.69) is 43.6 Å². The number of hydrogen-bond acceptors (Lipinski definition) is 3. The highest BCUT2D eigenvalue weighted by Crippen LogP contribution is 2.15. The predicted molar refractivity (Wildman–Crippen MR) is 82.9 cm³/mol. The number of amides is 1. The zero-order valence-corrected chi connectivity index (χ0v) is 13.2. The Bertz CT molecular complexity index is 308. The molecule has 0 aliphatic heterocycles. The minimum absolute atomic E-state index is 0.0765. The molecule has 0 bridgehead atoms. The Morgan fingerprint density at radius 1 is 1.20 bits per heavy atom. The summed E-state index contributed by atoms with van der Waals surface area (Å²) >= 11 is 0. The van der Waals surface area contributed by atoms with Crippen LogP contribution in [0.1, 0.15) is 59.3 Å². The first-order valence-corrected chi connectivity index (χ1v) is 7.82. The van der Waals surface area contributed by atoms with Gasteiger partial charge in [0.15, 0.2) is 0 Å². The Labute approximate surface area is 123 Å². The van der Waals surface area contributed by atoms with Crippen molar-refractivity contribution in [1.29, 1.82) is 0 Å². The summed E-state index contributed by atoms with van der Waals surface area (Å²) in [5, 5.41) is 6.23. The number of alkyl carbamates (subject to hydrolysis) is 1. The predicted octanol–water partition coefficient (Wildman–Crippen LogP) is 3.38. The van der Waals surface area contributed by atoms with Gasteiger partial charge in [0, 0.05) is 12.1 Å². The molecule has 0 aromatic rings. The summed E-state index contributed by atoms with van der Waals surface area (Å²) in [6, 6.07) is 0. The number of carbonyl (C=O) groups excluding carboxylic acids is 1. The van der Waals surface area contributed by atoms with Gasteiger partial charge in [-0.15, -0.1) is 0 Å². The molecular weight excluding hydrogens is 252 g/mol. The van der Waals surface area contributed by atoms with E-state index < -0.39 is 0 Å². The molecule has 0 radical (unpaired) electrons. The molecule has 4 nitrogen and oxygen atoms in total. The molecule has 0 heterocycles. The van der Waals surface area contributed by atoms with Crippen molar-refractivity contribution < 1.29 is 9.53 Å². The largest absolute Gasteiger partial charge is 0.446 e. The van der Waals surface area contributed by atoms with E-state index in [4.69, 9.17) is 4.74 Å². The van der Waals surface area contributed by atoms with Crippen LogP contribution in [-0.4, -0.2) is 30.8 Å². The monoisotopic (exact) mass is 282 g/mol. The molecule has 0 fully saturated rings. The van der Waals surface area contributed by atoms with E-state index in [0.717, 1.165) is 45.1 Å². The van der Waals surface area contributed by atoms with Crippen LogP contribution in [-0.2, 0) is 4.74 Å². The lowest BCUT2D eigenvalue weighted by atomic mass is 10.0. The van der Waals surface area contributed by atoms with Crippen molar-refractivity contribution in [1.82, 2.24) is 10.6 Å². The molecule has 20 heavy (non-hydrogen) atoms. The van der Waals surface area contributed by atoms with E-state index in [1.165, 1.54) is 0 Å². The van der Waals surface area contributed by atoms with E-state index in [1.54, 1.807) is 0 Å². The van der Waals surface area contributed by atoms with E-state index in [1.807, 2.05) is 0 Å². The third-order valence-corrected chi connectivity index (χ3v) is 3.27. The number of carbonyl (C=O) groups is 1. The van der Waals surface area contributed by atoms with Gasteiger partial charge in [0.1, 0.15) is 6.10 Å². The van der Waals surface area contributed by atoms with Gasteiger partial charge in [-0.05, 0) is 65.8 Å². The van der Waals surface area contributed by atoms with Crippen LogP contribution in [0.4, 0.5) is 4.79 Å². The number of hydrogen-bond donors (Lipinski definition) is 2. The fourth-order valence-corrected chi connectivity index (χ4v) is 2.18. The highest BCUT2D eigenvalue weighted by atomic mass is 16.6. The SMILES string of the molecule is CC(C)(C)NCCCNC(=O)OC1CC/C=C/CCC1. The van der Waals surface area contributed by atoms with Crippen LogP contribution in [0.5, 0.6) is 0 Å². The highest BCUT2D eigenvalue weighted by molar-refractivity contribution is 5.67. The Morgan fingerprint density at radius 2 is 1.95 bits per heavy atom. The molecule has 4 heteroatoms. The van der Waals surface area contributed by atoms with Gasteiger partial charge < -0.3 is 15.4 Å². The van der Waals surface area contributed by atoms with Gasteiger partial charge in [0.05, 0.1) is 0 Å². The summed E-state index contributed by atoms with van der Waals surface area (Å²) in [5.74, 6) is 0. The van der Waals surface area contributed by atoms with Crippen LogP contribution in [0.3, 0.4) is 0 Å². The molecule has 1 aliphatic rings. The highest BCUT2D eigenvalue weighted by Gasteiger charge is 2.14. The molecule has 116 valence electrons. The minimum atomic E-state index is -0.268. The van der Waals surface area contributed by atoms with E-state index in [-0.39, 0.29) is 17.7 Å². The first-order chi connectivity index (χ1) is 9.47. The number of rotatable bonds is 5. The Hall–Kier alpha value is -1.03. The summed E-state index contributed by atoms with van der Waals surface area (Å²) < 4.78 is 5.47. The van der Waals surface area contributed by atoms with Crippen LogP contribution in [0.2, 0.25) is 0 Å². The molecule has 0 saturated heterocycles. The average Bonchev–Trinajstić information content (AvgIpc) is 2.30. The zero-order chi connectivity index (χ0) is 14.8. The van der Waals surface area contributed by atoms with Crippen molar-refractivity contribution in [2.24, 2.45) is 0 Å². The summed E-state index contributed by atoms with van der Waals surface area (Å²) in [4.78, 5) is 11.7. The second-order valence-electron chi connectivity index (χ2n) is 6.46. The molecule has 1 amide bonds. The van der Waals surface area contributed by atoms with Gasteiger partial charge in [-0.1, -0.05) is 12.2 Å². The Morgan fingerprint density at radius 3 is 2.70 bits per heavy atom. The second-order valence-corrected chi connectivity index (χ2v) is 6.46. The quantitative estimate of drug-likeness (QED) is 0.600. The molecule has 0 aromatic carbocycles. The maximum atomic E-state index is 11.7. The van der Waals surface area contributed by atoms with E-state index in [9.17, 15) is 4.79 Å². The van der Waals surface area contributed by atoms with Gasteiger partial charge >= 0.3 is 6.09 Å². The van der Waals surface area contributed by atoms with Crippen molar-refractivity contribution in [3.8, 4) is 0 Å². The fourth-order valence-electron chi connectivity index (χ4n) is 2.18. The van der Waals surface area contributed by atoms with Gasteiger partial charge in [0.25, 0.3) is 0 Å². The smallest absolute Gasteiger partial charge is 0.407 e. The third-order valence-electron chi connectivity index (χ3n) is 3.27. The lowest BCUT2D eigenvalue weighted by Crippen LogP contribution is -2.38. The molecule has 0 saturated carbocycles. The molecule has 1 aliphatic carbocycles. The van der Waals surface area contributed by atoms with Crippen molar-refractivity contribution in [2.45, 2.75) is 70.9 Å². The summed E-state index contributed by atoms with van der Waals surface area (Å²) in [6.45, 7) is 7.97. The standard InChI is InChI=1S/C16H30N2O2/c1-16(2,3)18-13-9-12-17-15(19)20-14-10-7-5-4-6-8-11-14/h4-5,14,18H,6-13H2,1-3H3,(H,17,19)/b5-4+. The van der Waals surface area contributed by atoms with Crippen LogP contribution < -0.4 is 10.6 Å². The Balaban J connectivity index is 2.09. The van der Waals surface area contributed by atoms with Gasteiger partial charge in [-0.25, -0.2) is 4.79 Å². The van der Waals surface area contributed by atoms with Crippen LogP contribution in [0.15, 0.2) is 12.2 Å². The summed E-state index contributed by atoms with van der Waals surface area (Å²) in [6.07, 6.45) is 10.3. The van der Waals surface area contributed by atoms with Crippen LogP contribution in [0.25, 0.3) is 0 Å². The number of nitrogens with one attached hydrogen (secondary N) is 2. The first kappa shape index (κ1) is 17.0. The zero-order valence-electron chi connectivity index (χ0n) is 13.2. The van der Waals surface area contributed by atoms with Crippen LogP contribution >= 0.6 is 0 Å². The van der Waals surface area contributed by atoms with Crippen molar-refractivity contribution in [3.63, 3.8) is 0 Å². The summed E-state index contributed by atoms with van der Waals surface area (Å²) in [7, 11) is 0. The summed E-state index contributed by atoms with van der Waals surface area (Å²) in [5.41, 5.74) is 0.132. The number of ether oxygens (including phenoxy) is 1. The molecule has 1 atom stereocenters. The normalized spacial score (nSPS) is 21.6.